The molecule has 6 nitrogen and oxygen atoms in total. The number of benzene rings is 2. The van der Waals surface area contributed by atoms with E-state index in [1.807, 2.05) is 12.1 Å². The molecule has 7 heteroatoms. The maximum absolute atomic E-state index is 12.7. The van der Waals surface area contributed by atoms with E-state index < -0.39 is 10.0 Å². The predicted octanol–water partition coefficient (Wildman–Crippen LogP) is 2.84. The smallest absolute Gasteiger partial charge is 0.255 e. The summed E-state index contributed by atoms with van der Waals surface area (Å²) in [6.45, 7) is 1.51. The van der Waals surface area contributed by atoms with Crippen LogP contribution in [0.5, 0.6) is 0 Å². The summed E-state index contributed by atoms with van der Waals surface area (Å²) in [7, 11) is -3.55. The van der Waals surface area contributed by atoms with Gasteiger partial charge in [-0.1, -0.05) is 12.1 Å². The summed E-state index contributed by atoms with van der Waals surface area (Å²) in [5, 5.41) is 2.99. The lowest BCUT2D eigenvalue weighted by molar-refractivity contribution is 0.0730. The van der Waals surface area contributed by atoms with Crippen LogP contribution in [0.2, 0.25) is 0 Å². The quantitative estimate of drug-likeness (QED) is 0.856. The van der Waals surface area contributed by atoms with Gasteiger partial charge in [0.15, 0.2) is 0 Å². The second-order valence-electron chi connectivity index (χ2n) is 7.15. The number of nitrogens with zero attached hydrogens (tertiary/aromatic N) is 1. The van der Waals surface area contributed by atoms with Crippen LogP contribution in [0.25, 0.3) is 0 Å². The average molecular weight is 401 g/mol. The molecule has 1 N–H and O–H groups in total. The van der Waals surface area contributed by atoms with Crippen molar-refractivity contribution in [3.05, 3.63) is 59.2 Å². The predicted molar refractivity (Wildman–Crippen MR) is 107 cm³/mol. The maximum Gasteiger partial charge on any atom is 0.255 e. The fraction of sp³-hybridized carbons (Fsp3) is 0.381. The van der Waals surface area contributed by atoms with E-state index in [2.05, 4.69) is 11.4 Å². The van der Waals surface area contributed by atoms with Crippen molar-refractivity contribution in [2.24, 2.45) is 0 Å². The number of rotatable bonds is 4. The van der Waals surface area contributed by atoms with Gasteiger partial charge in [-0.2, -0.15) is 4.31 Å². The molecule has 1 aliphatic carbocycles. The van der Waals surface area contributed by atoms with Gasteiger partial charge in [0.05, 0.1) is 18.1 Å². The summed E-state index contributed by atoms with van der Waals surface area (Å²) in [4.78, 5) is 12.9. The highest BCUT2D eigenvalue weighted by molar-refractivity contribution is 7.89. The largest absolute Gasteiger partial charge is 0.379 e. The zero-order valence-corrected chi connectivity index (χ0v) is 16.5. The number of hydrogen-bond acceptors (Lipinski definition) is 4. The average Bonchev–Trinajstić information content (AvgIpc) is 2.75. The molecule has 2 aliphatic rings. The van der Waals surface area contributed by atoms with Crippen molar-refractivity contribution in [1.29, 1.82) is 0 Å². The minimum atomic E-state index is -3.55. The molecule has 28 heavy (non-hydrogen) atoms. The molecule has 1 saturated heterocycles. The monoisotopic (exact) mass is 400 g/mol. The van der Waals surface area contributed by atoms with E-state index in [4.69, 9.17) is 4.74 Å². The van der Waals surface area contributed by atoms with Gasteiger partial charge < -0.3 is 10.1 Å². The zero-order chi connectivity index (χ0) is 19.6. The standard InChI is InChI=1S/C21H24N2O4S/c24-21(22-20-7-3-5-16-4-1-2-6-19(16)20)17-8-10-18(11-9-17)28(25,26)23-12-14-27-15-13-23/h3,5,7-11H,1-2,4,6,12-15H2,(H,22,24). The third-order valence-corrected chi connectivity index (χ3v) is 7.28. The molecule has 0 saturated carbocycles. The molecule has 1 aliphatic heterocycles. The molecule has 0 bridgehead atoms. The van der Waals surface area contributed by atoms with Gasteiger partial charge in [0.25, 0.3) is 5.91 Å². The minimum Gasteiger partial charge on any atom is -0.379 e. The Labute approximate surface area is 165 Å². The van der Waals surface area contributed by atoms with Gasteiger partial charge in [-0.25, -0.2) is 8.42 Å². The third-order valence-electron chi connectivity index (χ3n) is 5.37. The Morgan fingerprint density at radius 1 is 0.964 bits per heavy atom. The first-order valence-electron chi connectivity index (χ1n) is 9.66. The van der Waals surface area contributed by atoms with Crippen molar-refractivity contribution in [2.45, 2.75) is 30.6 Å². The molecular formula is C21H24N2O4S. The second-order valence-corrected chi connectivity index (χ2v) is 9.08. The Morgan fingerprint density at radius 3 is 2.43 bits per heavy atom. The molecule has 4 rings (SSSR count). The van der Waals surface area contributed by atoms with Gasteiger partial charge in [-0.05, 0) is 67.1 Å². The first-order valence-corrected chi connectivity index (χ1v) is 11.1. The molecule has 2 aromatic rings. The van der Waals surface area contributed by atoms with Crippen LogP contribution in [0.1, 0.15) is 34.3 Å². The number of aryl methyl sites for hydroxylation is 1. The van der Waals surface area contributed by atoms with E-state index in [0.717, 1.165) is 24.9 Å². The van der Waals surface area contributed by atoms with Gasteiger partial charge in [0.1, 0.15) is 0 Å². The van der Waals surface area contributed by atoms with E-state index in [-0.39, 0.29) is 10.8 Å². The lowest BCUT2D eigenvalue weighted by Crippen LogP contribution is -2.40. The van der Waals surface area contributed by atoms with Crippen molar-refractivity contribution in [3.63, 3.8) is 0 Å². The number of hydrogen-bond donors (Lipinski definition) is 1. The molecule has 0 unspecified atom stereocenters. The van der Waals surface area contributed by atoms with E-state index in [1.54, 1.807) is 12.1 Å². The van der Waals surface area contributed by atoms with Crippen LogP contribution in [0.3, 0.4) is 0 Å². The normalized spacial score (nSPS) is 17.7. The molecule has 0 radical (unpaired) electrons. The van der Waals surface area contributed by atoms with Crippen LogP contribution in [-0.2, 0) is 27.6 Å². The lowest BCUT2D eigenvalue weighted by Gasteiger charge is -2.26. The van der Waals surface area contributed by atoms with Crippen molar-refractivity contribution >= 4 is 21.6 Å². The van der Waals surface area contributed by atoms with Crippen LogP contribution in [0, 0.1) is 0 Å². The summed E-state index contributed by atoms with van der Waals surface area (Å²) < 4.78 is 32.0. The Bertz CT molecular complexity index is 964. The number of carbonyl (C=O) groups excluding carboxylic acids is 1. The Kier molecular flexibility index (Phi) is 5.48. The van der Waals surface area contributed by atoms with Crippen LogP contribution in [0.15, 0.2) is 47.4 Å². The highest BCUT2D eigenvalue weighted by Gasteiger charge is 2.26. The summed E-state index contributed by atoms with van der Waals surface area (Å²) in [6, 6.07) is 12.2. The highest BCUT2D eigenvalue weighted by Crippen LogP contribution is 2.28. The van der Waals surface area contributed by atoms with Crippen LogP contribution in [0.4, 0.5) is 5.69 Å². The molecule has 1 heterocycles. The van der Waals surface area contributed by atoms with Gasteiger partial charge in [0.2, 0.25) is 10.0 Å². The molecule has 0 atom stereocenters. The van der Waals surface area contributed by atoms with Gasteiger partial charge in [-0.3, -0.25) is 4.79 Å². The van der Waals surface area contributed by atoms with Crippen LogP contribution < -0.4 is 5.32 Å². The molecule has 148 valence electrons. The first kappa shape index (κ1) is 19.1. The number of nitrogens with one attached hydrogen (secondary N) is 1. The van der Waals surface area contributed by atoms with Crippen molar-refractivity contribution < 1.29 is 17.9 Å². The van der Waals surface area contributed by atoms with E-state index in [9.17, 15) is 13.2 Å². The number of anilines is 1. The van der Waals surface area contributed by atoms with Crippen molar-refractivity contribution in [1.82, 2.24) is 4.31 Å². The van der Waals surface area contributed by atoms with Gasteiger partial charge >= 0.3 is 0 Å². The van der Waals surface area contributed by atoms with E-state index in [1.165, 1.54) is 34.0 Å². The molecule has 0 aromatic heterocycles. The maximum atomic E-state index is 12.7. The number of carbonyl (C=O) groups is 1. The first-order chi connectivity index (χ1) is 13.6. The third kappa shape index (κ3) is 3.83. The number of fused-ring (bicyclic) bond motifs is 1. The Balaban J connectivity index is 1.50. The van der Waals surface area contributed by atoms with Crippen molar-refractivity contribution in [3.8, 4) is 0 Å². The Hall–Kier alpha value is -2.22. The highest BCUT2D eigenvalue weighted by atomic mass is 32.2. The van der Waals surface area contributed by atoms with E-state index in [0.29, 0.717) is 31.9 Å². The minimum absolute atomic E-state index is 0.197. The molecule has 0 spiro atoms. The molecule has 2 aromatic carbocycles. The van der Waals surface area contributed by atoms with Crippen LogP contribution >= 0.6 is 0 Å². The number of ether oxygens (including phenoxy) is 1. The summed E-state index contributed by atoms with van der Waals surface area (Å²) in [6.07, 6.45) is 4.34. The lowest BCUT2D eigenvalue weighted by atomic mass is 9.90. The summed E-state index contributed by atoms with van der Waals surface area (Å²) in [5.41, 5.74) is 3.81. The second kappa shape index (κ2) is 8.03. The van der Waals surface area contributed by atoms with Gasteiger partial charge in [-0.15, -0.1) is 0 Å². The summed E-state index contributed by atoms with van der Waals surface area (Å²) in [5.74, 6) is -0.228. The SMILES string of the molecule is O=C(Nc1cccc2c1CCCC2)c1ccc(S(=O)(=O)N2CCOCC2)cc1. The Morgan fingerprint density at radius 2 is 1.68 bits per heavy atom. The number of sulfonamides is 1. The van der Waals surface area contributed by atoms with Crippen molar-refractivity contribution in [2.75, 3.05) is 31.6 Å². The topological polar surface area (TPSA) is 75.7 Å². The fourth-order valence-electron chi connectivity index (χ4n) is 3.81. The van der Waals surface area contributed by atoms with E-state index >= 15 is 0 Å². The number of morpholine rings is 1. The zero-order valence-electron chi connectivity index (χ0n) is 15.7. The fourth-order valence-corrected chi connectivity index (χ4v) is 5.22. The molecular weight excluding hydrogens is 376 g/mol. The molecule has 1 fully saturated rings. The van der Waals surface area contributed by atoms with Gasteiger partial charge in [0, 0.05) is 24.3 Å². The number of amides is 1. The van der Waals surface area contributed by atoms with Crippen LogP contribution in [-0.4, -0.2) is 44.9 Å². The molecule has 1 amide bonds. The summed E-state index contributed by atoms with van der Waals surface area (Å²) >= 11 is 0.